The fourth-order valence-electron chi connectivity index (χ4n) is 1.94. The number of halogens is 1. The molecular weight excluding hydrogens is 229 g/mol. The Kier molecular flexibility index (Phi) is 3.77. The van der Waals surface area contributed by atoms with Crippen LogP contribution in [0, 0.1) is 0 Å². The van der Waals surface area contributed by atoms with Crippen LogP contribution >= 0.6 is 0 Å². The summed E-state index contributed by atoms with van der Waals surface area (Å²) >= 11 is 0. The fourth-order valence-corrected chi connectivity index (χ4v) is 1.94. The molecule has 0 bridgehead atoms. The van der Waals surface area contributed by atoms with E-state index in [0.29, 0.717) is 11.1 Å². The standard InChI is InChI=1S/C15H21FNO/c1-11(2)15(16,12(3)4)9-13-7-8-14(18)17(5,6)10-13/h7-8,10H,1,3,9H2,2,4-6H3/q+1. The van der Waals surface area contributed by atoms with E-state index >= 15 is 0 Å². The maximum atomic E-state index is 14.8. The Hall–Kier alpha value is -1.48. The maximum Gasteiger partial charge on any atom is 0.342 e. The molecule has 0 saturated carbocycles. The molecule has 1 heterocycles. The lowest BCUT2D eigenvalue weighted by atomic mass is 9.84. The van der Waals surface area contributed by atoms with Gasteiger partial charge in [0.2, 0.25) is 0 Å². The summed E-state index contributed by atoms with van der Waals surface area (Å²) in [6, 6.07) is 0. The summed E-state index contributed by atoms with van der Waals surface area (Å²) in [5, 5.41) is 0. The summed E-state index contributed by atoms with van der Waals surface area (Å²) in [7, 11) is 3.54. The number of hydrogen-bond acceptors (Lipinski definition) is 1. The third-order valence-corrected chi connectivity index (χ3v) is 3.30. The number of amides is 1. The van der Waals surface area contributed by atoms with Crippen LogP contribution in [0.3, 0.4) is 0 Å². The molecule has 18 heavy (non-hydrogen) atoms. The topological polar surface area (TPSA) is 17.1 Å². The lowest BCUT2D eigenvalue weighted by Crippen LogP contribution is -2.41. The van der Waals surface area contributed by atoms with Crippen molar-refractivity contribution < 1.29 is 13.7 Å². The first-order valence-corrected chi connectivity index (χ1v) is 5.88. The summed E-state index contributed by atoms with van der Waals surface area (Å²) in [5.41, 5.74) is 0.0439. The van der Waals surface area contributed by atoms with Crippen LogP contribution in [0.1, 0.15) is 20.3 Å². The highest BCUT2D eigenvalue weighted by Crippen LogP contribution is 2.36. The fraction of sp³-hybridized carbons (Fsp3) is 0.400. The molecule has 1 aliphatic heterocycles. The van der Waals surface area contributed by atoms with Crippen LogP contribution in [0.5, 0.6) is 0 Å². The molecule has 0 atom stereocenters. The Labute approximate surface area is 108 Å². The molecule has 0 aromatic carbocycles. The monoisotopic (exact) mass is 250 g/mol. The largest absolute Gasteiger partial charge is 0.342 e. The number of quaternary nitrogens is 1. The number of likely N-dealkylation sites (N-methyl/N-ethyl adjacent to an activating group) is 1. The molecule has 0 aromatic rings. The zero-order valence-corrected chi connectivity index (χ0v) is 11.6. The Morgan fingerprint density at radius 3 is 2.17 bits per heavy atom. The Morgan fingerprint density at radius 2 is 1.78 bits per heavy atom. The normalized spacial score (nSPS) is 18.5. The highest BCUT2D eigenvalue weighted by Gasteiger charge is 2.35. The third kappa shape index (κ3) is 2.67. The van der Waals surface area contributed by atoms with E-state index in [1.165, 1.54) is 6.08 Å². The molecule has 0 aliphatic carbocycles. The highest BCUT2D eigenvalue weighted by molar-refractivity contribution is 5.83. The van der Waals surface area contributed by atoms with Crippen molar-refractivity contribution in [2.45, 2.75) is 25.9 Å². The highest BCUT2D eigenvalue weighted by atomic mass is 19.1. The first-order chi connectivity index (χ1) is 8.09. The van der Waals surface area contributed by atoms with Gasteiger partial charge >= 0.3 is 5.91 Å². The molecule has 1 rings (SSSR count). The van der Waals surface area contributed by atoms with Crippen molar-refractivity contribution in [2.24, 2.45) is 0 Å². The van der Waals surface area contributed by atoms with Gasteiger partial charge in [-0.05, 0) is 31.1 Å². The van der Waals surface area contributed by atoms with Crippen LogP contribution in [-0.4, -0.2) is 30.2 Å². The van der Waals surface area contributed by atoms with E-state index in [2.05, 4.69) is 13.2 Å². The van der Waals surface area contributed by atoms with Crippen molar-refractivity contribution in [2.75, 3.05) is 14.1 Å². The van der Waals surface area contributed by atoms with Crippen LogP contribution in [-0.2, 0) is 4.79 Å². The second-order valence-corrected chi connectivity index (χ2v) is 5.45. The lowest BCUT2D eigenvalue weighted by Gasteiger charge is -2.29. The third-order valence-electron chi connectivity index (χ3n) is 3.30. The van der Waals surface area contributed by atoms with E-state index in [9.17, 15) is 9.18 Å². The average molecular weight is 250 g/mol. The number of carbonyl (C=O) groups is 1. The molecule has 2 nitrogen and oxygen atoms in total. The van der Waals surface area contributed by atoms with Crippen molar-refractivity contribution in [3.8, 4) is 0 Å². The summed E-state index contributed by atoms with van der Waals surface area (Å²) in [5.74, 6) is -0.0196. The molecule has 1 amide bonds. The number of nitrogens with zero attached hydrogens (tertiary/aromatic N) is 1. The predicted octanol–water partition coefficient (Wildman–Crippen LogP) is 3.29. The van der Waals surface area contributed by atoms with Gasteiger partial charge in [-0.15, -0.1) is 0 Å². The van der Waals surface area contributed by atoms with E-state index in [-0.39, 0.29) is 16.8 Å². The molecule has 0 unspecified atom stereocenters. The molecule has 98 valence electrons. The first kappa shape index (κ1) is 14.6. The van der Waals surface area contributed by atoms with E-state index in [1.807, 2.05) is 0 Å². The number of rotatable bonds is 4. The number of hydrogen-bond donors (Lipinski definition) is 0. The lowest BCUT2D eigenvalue weighted by molar-refractivity contribution is -0.757. The molecule has 1 aliphatic rings. The molecular formula is C15H21FNO+. The minimum atomic E-state index is -1.61. The van der Waals surface area contributed by atoms with Gasteiger partial charge in [0.15, 0.2) is 5.67 Å². The SMILES string of the molecule is C=C(C)C(F)(CC1=C[N+](C)(C)C(=O)C=C1)C(=C)C. The minimum absolute atomic E-state index is 0.0196. The maximum absolute atomic E-state index is 14.8. The minimum Gasteiger partial charge on any atom is -0.235 e. The van der Waals surface area contributed by atoms with Crippen LogP contribution in [0.25, 0.3) is 0 Å². The summed E-state index contributed by atoms with van der Waals surface area (Å²) in [6.45, 7) is 10.7. The van der Waals surface area contributed by atoms with Gasteiger partial charge in [0.25, 0.3) is 0 Å². The Bertz CT molecular complexity index is 455. The molecule has 0 fully saturated rings. The van der Waals surface area contributed by atoms with Gasteiger partial charge in [-0.25, -0.2) is 13.7 Å². The molecule has 0 radical (unpaired) electrons. The van der Waals surface area contributed by atoms with Crippen molar-refractivity contribution in [1.82, 2.24) is 0 Å². The van der Waals surface area contributed by atoms with Crippen molar-refractivity contribution >= 4 is 5.91 Å². The smallest absolute Gasteiger partial charge is 0.235 e. The Morgan fingerprint density at radius 1 is 1.28 bits per heavy atom. The molecule has 0 saturated heterocycles. The molecule has 0 N–H and O–H groups in total. The van der Waals surface area contributed by atoms with E-state index < -0.39 is 5.67 Å². The molecule has 3 heteroatoms. The number of allylic oxidation sites excluding steroid dienone is 4. The zero-order chi connectivity index (χ0) is 14.1. The van der Waals surface area contributed by atoms with Gasteiger partial charge < -0.3 is 0 Å². The van der Waals surface area contributed by atoms with Crippen molar-refractivity contribution in [1.29, 1.82) is 0 Å². The van der Waals surface area contributed by atoms with Gasteiger partial charge in [0, 0.05) is 18.1 Å². The van der Waals surface area contributed by atoms with Crippen molar-refractivity contribution in [3.05, 3.63) is 48.2 Å². The van der Waals surface area contributed by atoms with Crippen LogP contribution in [0.15, 0.2) is 48.2 Å². The second-order valence-electron chi connectivity index (χ2n) is 5.45. The summed E-state index contributed by atoms with van der Waals surface area (Å²) in [4.78, 5) is 11.6. The van der Waals surface area contributed by atoms with E-state index in [0.717, 1.165) is 5.57 Å². The first-order valence-electron chi connectivity index (χ1n) is 5.88. The van der Waals surface area contributed by atoms with Gasteiger partial charge in [-0.3, -0.25) is 0 Å². The molecule has 0 aromatic heterocycles. The Balaban J connectivity index is 3.05. The van der Waals surface area contributed by atoms with Crippen LogP contribution in [0.4, 0.5) is 4.39 Å². The summed E-state index contributed by atoms with van der Waals surface area (Å²) < 4.78 is 14.9. The molecule has 0 spiro atoms. The van der Waals surface area contributed by atoms with Crippen molar-refractivity contribution in [3.63, 3.8) is 0 Å². The number of alkyl halides is 1. The second kappa shape index (κ2) is 4.65. The van der Waals surface area contributed by atoms with Gasteiger partial charge in [-0.1, -0.05) is 13.2 Å². The summed E-state index contributed by atoms with van der Waals surface area (Å²) in [6.07, 6.45) is 5.10. The van der Waals surface area contributed by atoms with Gasteiger partial charge in [0.05, 0.1) is 14.1 Å². The van der Waals surface area contributed by atoms with Gasteiger partial charge in [0.1, 0.15) is 6.20 Å². The predicted molar refractivity (Wildman–Crippen MR) is 72.4 cm³/mol. The number of carbonyl (C=O) groups excluding carboxylic acids is 1. The van der Waals surface area contributed by atoms with Crippen LogP contribution in [0.2, 0.25) is 0 Å². The quantitative estimate of drug-likeness (QED) is 0.552. The zero-order valence-electron chi connectivity index (χ0n) is 11.6. The van der Waals surface area contributed by atoms with E-state index in [4.69, 9.17) is 0 Å². The van der Waals surface area contributed by atoms with Crippen LogP contribution < -0.4 is 0 Å². The average Bonchev–Trinajstić information content (AvgIpc) is 2.22. The van der Waals surface area contributed by atoms with Gasteiger partial charge in [-0.2, -0.15) is 0 Å². The van der Waals surface area contributed by atoms with E-state index in [1.54, 1.807) is 40.2 Å².